The average Bonchev–Trinajstić information content (AvgIpc) is 3.36. The lowest BCUT2D eigenvalue weighted by molar-refractivity contribution is -0.406. The first-order valence-corrected chi connectivity index (χ1v) is 14.8. The second-order valence-corrected chi connectivity index (χ2v) is 12.2. The molecule has 6 rings (SSSR count). The number of aromatic amines is 1. The molecule has 2 saturated heterocycles. The molecule has 2 aliphatic carbocycles. The number of hydrogen-bond donors (Lipinski definition) is 1. The van der Waals surface area contributed by atoms with Crippen LogP contribution in [0, 0.1) is 18.8 Å². The summed E-state index contributed by atoms with van der Waals surface area (Å²) in [6.07, 6.45) is 12.0. The fourth-order valence-corrected chi connectivity index (χ4v) is 8.41. The Morgan fingerprint density at radius 2 is 1.92 bits per heavy atom. The van der Waals surface area contributed by atoms with Crippen molar-refractivity contribution in [2.45, 2.75) is 88.5 Å². The van der Waals surface area contributed by atoms with Gasteiger partial charge in [0.05, 0.1) is 19.1 Å². The molecule has 37 heavy (non-hydrogen) atoms. The van der Waals surface area contributed by atoms with Crippen molar-refractivity contribution in [2.75, 3.05) is 26.7 Å². The Bertz CT molecular complexity index is 1130. The number of rotatable bonds is 4. The summed E-state index contributed by atoms with van der Waals surface area (Å²) in [5.41, 5.74) is 5.39. The topological polar surface area (TPSA) is 55.7 Å². The number of aromatic nitrogens is 1. The minimum Gasteiger partial charge on any atom is -0.448 e. The van der Waals surface area contributed by atoms with E-state index in [1.165, 1.54) is 54.5 Å². The monoisotopic (exact) mass is 502 g/mol. The number of methoxy groups -OCH3 is 1. The van der Waals surface area contributed by atoms with Gasteiger partial charge in [-0.2, -0.15) is 4.98 Å². The Morgan fingerprint density at radius 3 is 2.73 bits per heavy atom. The van der Waals surface area contributed by atoms with E-state index in [2.05, 4.69) is 52.5 Å². The molecule has 0 unspecified atom stereocenters. The highest BCUT2D eigenvalue weighted by Crippen LogP contribution is 2.47. The molecular formula is C32H44N3O2+. The average molecular weight is 503 g/mol. The molecule has 5 heteroatoms. The van der Waals surface area contributed by atoms with Crippen molar-refractivity contribution in [2.24, 2.45) is 11.8 Å². The Hall–Kier alpha value is -2.40. The van der Waals surface area contributed by atoms with Gasteiger partial charge in [0.1, 0.15) is 0 Å². The van der Waals surface area contributed by atoms with Crippen LogP contribution in [-0.4, -0.2) is 43.6 Å². The Labute approximate surface area is 222 Å². The van der Waals surface area contributed by atoms with Crippen molar-refractivity contribution in [1.29, 1.82) is 0 Å². The molecule has 4 atom stereocenters. The molecule has 1 spiro atoms. The summed E-state index contributed by atoms with van der Waals surface area (Å²) >= 11 is 0. The van der Waals surface area contributed by atoms with Gasteiger partial charge in [0.15, 0.2) is 5.69 Å². The second-order valence-electron chi connectivity index (χ2n) is 12.2. The number of nitrogens with one attached hydrogen (secondary N) is 2. The number of piperidine rings is 1. The van der Waals surface area contributed by atoms with Crippen LogP contribution in [0.2, 0.25) is 0 Å². The largest absolute Gasteiger partial charge is 0.448 e. The van der Waals surface area contributed by atoms with Gasteiger partial charge >= 0.3 is 5.88 Å². The Morgan fingerprint density at radius 1 is 1.08 bits per heavy atom. The number of ether oxygens (including phenoxy) is 1. The van der Waals surface area contributed by atoms with Gasteiger partial charge in [-0.1, -0.05) is 43.5 Å². The molecule has 4 aliphatic rings. The maximum atomic E-state index is 14.6. The van der Waals surface area contributed by atoms with E-state index in [1.807, 2.05) is 6.07 Å². The zero-order chi connectivity index (χ0) is 25.4. The molecule has 0 radical (unpaired) electrons. The molecule has 2 aliphatic heterocycles. The number of pyridine rings is 1. The number of carbonyl (C=O) groups is 1. The molecule has 5 nitrogen and oxygen atoms in total. The molecule has 1 amide bonds. The predicted molar refractivity (Wildman–Crippen MR) is 146 cm³/mol. The first kappa shape index (κ1) is 24.9. The number of nitrogens with zero attached hydrogens (tertiary/aromatic N) is 1. The predicted octanol–water partition coefficient (Wildman–Crippen LogP) is 4.97. The highest BCUT2D eigenvalue weighted by Gasteiger charge is 2.54. The van der Waals surface area contributed by atoms with E-state index in [9.17, 15) is 4.79 Å². The fourth-order valence-electron chi connectivity index (χ4n) is 8.41. The van der Waals surface area contributed by atoms with E-state index >= 15 is 0 Å². The molecule has 1 aromatic carbocycles. The Balaban J connectivity index is 1.31. The lowest BCUT2D eigenvalue weighted by Gasteiger charge is -2.47. The van der Waals surface area contributed by atoms with Crippen molar-refractivity contribution in [3.8, 4) is 5.88 Å². The van der Waals surface area contributed by atoms with Crippen molar-refractivity contribution >= 4 is 5.91 Å². The molecular weight excluding hydrogens is 458 g/mol. The van der Waals surface area contributed by atoms with Crippen molar-refractivity contribution in [1.82, 2.24) is 10.2 Å². The summed E-state index contributed by atoms with van der Waals surface area (Å²) in [4.78, 5) is 20.5. The zero-order valence-electron chi connectivity index (χ0n) is 22.7. The van der Waals surface area contributed by atoms with E-state index in [-0.39, 0.29) is 11.3 Å². The molecule has 1 saturated carbocycles. The summed E-state index contributed by atoms with van der Waals surface area (Å²) in [6, 6.07) is 13.6. The van der Waals surface area contributed by atoms with Crippen LogP contribution in [0.15, 0.2) is 36.4 Å². The maximum absolute atomic E-state index is 14.6. The number of benzene rings is 1. The zero-order valence-corrected chi connectivity index (χ0v) is 22.7. The van der Waals surface area contributed by atoms with Crippen LogP contribution in [0.25, 0.3) is 0 Å². The summed E-state index contributed by atoms with van der Waals surface area (Å²) in [5.74, 6) is 2.43. The van der Waals surface area contributed by atoms with Gasteiger partial charge in [0, 0.05) is 43.1 Å². The van der Waals surface area contributed by atoms with E-state index in [1.54, 1.807) is 7.11 Å². The van der Waals surface area contributed by atoms with Crippen LogP contribution in [0.1, 0.15) is 86.1 Å². The summed E-state index contributed by atoms with van der Waals surface area (Å²) in [7, 11) is 1.71. The second kappa shape index (κ2) is 10.4. The van der Waals surface area contributed by atoms with E-state index in [4.69, 9.17) is 4.74 Å². The minimum atomic E-state index is -0.114. The molecule has 3 heterocycles. The summed E-state index contributed by atoms with van der Waals surface area (Å²) in [5, 5.41) is 3.67. The van der Waals surface area contributed by atoms with Crippen molar-refractivity contribution in [3.05, 3.63) is 58.8 Å². The standard InChI is InChI=1S/C32H43N3O2/c1-22-9-6-7-12-25(22)24-16-18-35(29(19-24)23-10-4-3-5-11-23)31(36)27-20-33-21-32(27)17-8-13-28-26(32)14-15-30(34-28)37-2/h6-7,9,12,14-15,23-24,27,29,33H,3-5,8,10-11,13,16-21H2,1-2H3/p+1/t24-,27+,29+,32+/m1/s1. The van der Waals surface area contributed by atoms with Crippen molar-refractivity contribution < 1.29 is 14.5 Å². The smallest absolute Gasteiger partial charge is 0.366 e. The van der Waals surface area contributed by atoms with E-state index in [0.29, 0.717) is 23.8 Å². The van der Waals surface area contributed by atoms with Crippen LogP contribution in [0.5, 0.6) is 5.88 Å². The maximum Gasteiger partial charge on any atom is 0.366 e. The molecule has 0 bridgehead atoms. The number of amides is 1. The minimum absolute atomic E-state index is 0.00875. The lowest BCUT2D eigenvalue weighted by Crippen LogP contribution is -2.55. The highest BCUT2D eigenvalue weighted by molar-refractivity contribution is 5.82. The summed E-state index contributed by atoms with van der Waals surface area (Å²) < 4.78 is 5.49. The van der Waals surface area contributed by atoms with Crippen LogP contribution in [-0.2, 0) is 16.6 Å². The quantitative estimate of drug-likeness (QED) is 0.643. The molecule has 2 N–H and O–H groups in total. The van der Waals surface area contributed by atoms with Gasteiger partial charge in [0.25, 0.3) is 0 Å². The number of H-pyrrole nitrogens is 1. The van der Waals surface area contributed by atoms with Crippen LogP contribution >= 0.6 is 0 Å². The normalized spacial score (nSPS) is 30.3. The van der Waals surface area contributed by atoms with Gasteiger partial charge in [-0.15, -0.1) is 0 Å². The molecule has 198 valence electrons. The number of hydrogen-bond acceptors (Lipinski definition) is 3. The fraction of sp³-hybridized carbons (Fsp3) is 0.625. The lowest BCUT2D eigenvalue weighted by atomic mass is 9.64. The van der Waals surface area contributed by atoms with Gasteiger partial charge in [-0.3, -0.25) is 4.79 Å². The van der Waals surface area contributed by atoms with Crippen LogP contribution in [0.3, 0.4) is 0 Å². The van der Waals surface area contributed by atoms with Gasteiger partial charge < -0.3 is 15.0 Å². The number of likely N-dealkylation sites (tertiary alicyclic amines) is 1. The van der Waals surface area contributed by atoms with E-state index < -0.39 is 0 Å². The third kappa shape index (κ3) is 4.47. The number of fused-ring (bicyclic) bond motifs is 2. The first-order chi connectivity index (χ1) is 18.1. The SMILES string of the molecule is COc1ccc2c([nH+]1)CCC[C@]21CNC[C@H]1C(=O)N1CC[C@@H](c2ccccc2C)C[C@H]1C1CCCCC1. The first-order valence-electron chi connectivity index (χ1n) is 14.8. The van der Waals surface area contributed by atoms with E-state index in [0.717, 1.165) is 57.6 Å². The van der Waals surface area contributed by atoms with Crippen LogP contribution < -0.4 is 15.0 Å². The summed E-state index contributed by atoms with van der Waals surface area (Å²) in [6.45, 7) is 4.83. The molecule has 3 fully saturated rings. The van der Waals surface area contributed by atoms with Gasteiger partial charge in [-0.25, -0.2) is 0 Å². The number of aryl methyl sites for hydroxylation is 2. The third-order valence-corrected chi connectivity index (χ3v) is 10.3. The third-order valence-electron chi connectivity index (χ3n) is 10.3. The van der Waals surface area contributed by atoms with Crippen LogP contribution in [0.4, 0.5) is 0 Å². The highest BCUT2D eigenvalue weighted by atomic mass is 16.5. The number of carbonyl (C=O) groups excluding carboxylic acids is 1. The Kier molecular flexibility index (Phi) is 7.00. The van der Waals surface area contributed by atoms with Crippen molar-refractivity contribution in [3.63, 3.8) is 0 Å². The van der Waals surface area contributed by atoms with Gasteiger partial charge in [0.2, 0.25) is 5.91 Å². The molecule has 1 aromatic heterocycles. The van der Waals surface area contributed by atoms with Gasteiger partial charge in [-0.05, 0) is 74.5 Å². The molecule has 2 aromatic rings.